The van der Waals surface area contributed by atoms with Gasteiger partial charge in [0.15, 0.2) is 23.3 Å². The second kappa shape index (κ2) is 7.10. The average Bonchev–Trinajstić information content (AvgIpc) is 2.33. The van der Waals surface area contributed by atoms with Gasteiger partial charge >= 0.3 is 0 Å². The Kier molecular flexibility index (Phi) is 5.77. The molecule has 1 unspecified atom stereocenters. The third-order valence-electron chi connectivity index (χ3n) is 2.45. The van der Waals surface area contributed by atoms with E-state index in [1.165, 1.54) is 0 Å². The number of aliphatic hydroxyl groups is 1. The minimum atomic E-state index is -0.718. The van der Waals surface area contributed by atoms with Gasteiger partial charge < -0.3 is 15.7 Å². The summed E-state index contributed by atoms with van der Waals surface area (Å²) >= 11 is 0. The van der Waals surface area contributed by atoms with E-state index in [4.69, 9.17) is 5.11 Å². The van der Waals surface area contributed by atoms with Gasteiger partial charge in [0.05, 0.1) is 0 Å². The molecule has 6 heteroatoms. The Morgan fingerprint density at radius 3 is 2.61 bits per heavy atom. The largest absolute Gasteiger partial charge is 0.396 e. The van der Waals surface area contributed by atoms with Crippen LogP contribution < -0.4 is 10.6 Å². The van der Waals surface area contributed by atoms with Crippen LogP contribution in [0.1, 0.15) is 26.7 Å². The molecule has 1 heterocycles. The number of aliphatic hydroxyl groups excluding tert-OH is 1. The summed E-state index contributed by atoms with van der Waals surface area (Å²) in [5.74, 6) is -1.36. The fraction of sp³-hybridized carbons (Fsp3) is 0.583. The molecule has 0 radical (unpaired) electrons. The van der Waals surface area contributed by atoms with Crippen molar-refractivity contribution in [3.05, 3.63) is 17.7 Å². The van der Waals surface area contributed by atoms with Crippen LogP contribution in [0.25, 0.3) is 0 Å². The van der Waals surface area contributed by atoms with Crippen molar-refractivity contribution < 1.29 is 13.9 Å². The number of rotatable bonds is 7. The second-order valence-corrected chi connectivity index (χ2v) is 4.09. The van der Waals surface area contributed by atoms with Gasteiger partial charge in [-0.15, -0.1) is 0 Å². The number of anilines is 2. The zero-order valence-corrected chi connectivity index (χ0v) is 10.6. The Morgan fingerprint density at radius 2 is 2.00 bits per heavy atom. The summed E-state index contributed by atoms with van der Waals surface area (Å²) in [4.78, 5) is 3.87. The number of hydrogen-bond acceptors (Lipinski definition) is 4. The molecule has 102 valence electrons. The Labute approximate surface area is 105 Å². The van der Waals surface area contributed by atoms with Crippen LogP contribution in [0, 0.1) is 11.6 Å². The molecule has 0 aliphatic heterocycles. The zero-order valence-electron chi connectivity index (χ0n) is 10.6. The summed E-state index contributed by atoms with van der Waals surface area (Å²) in [5, 5.41) is 14.3. The van der Waals surface area contributed by atoms with Crippen molar-refractivity contribution in [3.8, 4) is 0 Å². The second-order valence-electron chi connectivity index (χ2n) is 4.09. The van der Waals surface area contributed by atoms with Crippen LogP contribution in [0.5, 0.6) is 0 Å². The summed E-state index contributed by atoms with van der Waals surface area (Å²) < 4.78 is 26.8. The molecule has 0 fully saturated rings. The van der Waals surface area contributed by atoms with Gasteiger partial charge in [-0.2, -0.15) is 0 Å². The first-order valence-corrected chi connectivity index (χ1v) is 6.05. The van der Waals surface area contributed by atoms with E-state index < -0.39 is 11.6 Å². The Bertz CT molecular complexity index is 388. The molecule has 0 bridgehead atoms. The van der Waals surface area contributed by atoms with Crippen molar-refractivity contribution in [1.82, 2.24) is 4.98 Å². The van der Waals surface area contributed by atoms with E-state index in [1.807, 2.05) is 6.92 Å². The van der Waals surface area contributed by atoms with Gasteiger partial charge in [0.25, 0.3) is 0 Å². The number of hydrogen-bond donors (Lipinski definition) is 3. The van der Waals surface area contributed by atoms with Crippen molar-refractivity contribution in [2.45, 2.75) is 32.7 Å². The minimum absolute atomic E-state index is 0.0257. The summed E-state index contributed by atoms with van der Waals surface area (Å²) in [7, 11) is 0. The summed E-state index contributed by atoms with van der Waals surface area (Å²) in [6.45, 7) is 4.26. The van der Waals surface area contributed by atoms with Crippen LogP contribution in [-0.4, -0.2) is 29.3 Å². The van der Waals surface area contributed by atoms with E-state index in [0.717, 1.165) is 6.07 Å². The molecule has 0 amide bonds. The third-order valence-corrected chi connectivity index (χ3v) is 2.45. The lowest BCUT2D eigenvalue weighted by Gasteiger charge is -2.15. The molecule has 3 N–H and O–H groups in total. The lowest BCUT2D eigenvalue weighted by atomic mass is 10.2. The van der Waals surface area contributed by atoms with Crippen molar-refractivity contribution in [3.63, 3.8) is 0 Å². The smallest absolute Gasteiger partial charge is 0.168 e. The molecule has 0 aromatic carbocycles. The highest BCUT2D eigenvalue weighted by Gasteiger charge is 2.13. The normalized spacial score (nSPS) is 12.3. The van der Waals surface area contributed by atoms with Crippen LogP contribution >= 0.6 is 0 Å². The highest BCUT2D eigenvalue weighted by Crippen LogP contribution is 2.20. The fourth-order valence-electron chi connectivity index (χ4n) is 1.56. The number of halogens is 2. The van der Waals surface area contributed by atoms with E-state index in [1.54, 1.807) is 6.92 Å². The Hall–Kier alpha value is -1.43. The molecule has 1 rings (SSSR count). The van der Waals surface area contributed by atoms with Crippen LogP contribution in [0.2, 0.25) is 0 Å². The SMILES string of the molecule is CCNc1nc(NC(C)CCCO)c(F)cc1F. The summed E-state index contributed by atoms with van der Waals surface area (Å²) in [5.41, 5.74) is 0. The van der Waals surface area contributed by atoms with E-state index in [2.05, 4.69) is 15.6 Å². The van der Waals surface area contributed by atoms with E-state index in [0.29, 0.717) is 19.4 Å². The van der Waals surface area contributed by atoms with Gasteiger partial charge in [-0.1, -0.05) is 0 Å². The van der Waals surface area contributed by atoms with E-state index >= 15 is 0 Å². The van der Waals surface area contributed by atoms with Gasteiger partial charge in [0, 0.05) is 25.3 Å². The highest BCUT2D eigenvalue weighted by molar-refractivity contribution is 5.47. The predicted molar refractivity (Wildman–Crippen MR) is 67.7 cm³/mol. The van der Waals surface area contributed by atoms with E-state index in [-0.39, 0.29) is 24.3 Å². The standard InChI is InChI=1S/C12H19F2N3O/c1-3-15-11-9(13)7-10(14)12(17-11)16-8(2)5-4-6-18/h7-8,18H,3-6H2,1-2H3,(H2,15,16,17). The molecule has 1 aromatic heterocycles. The van der Waals surface area contributed by atoms with Crippen LogP contribution in [-0.2, 0) is 0 Å². The van der Waals surface area contributed by atoms with Crippen molar-refractivity contribution >= 4 is 11.6 Å². The van der Waals surface area contributed by atoms with Gasteiger partial charge in [0.1, 0.15) is 0 Å². The molecule has 0 aliphatic rings. The molecule has 18 heavy (non-hydrogen) atoms. The topological polar surface area (TPSA) is 57.2 Å². The minimum Gasteiger partial charge on any atom is -0.396 e. The van der Waals surface area contributed by atoms with Gasteiger partial charge in [-0.05, 0) is 26.7 Å². The maximum Gasteiger partial charge on any atom is 0.168 e. The Balaban J connectivity index is 2.78. The van der Waals surface area contributed by atoms with Crippen LogP contribution in [0.4, 0.5) is 20.4 Å². The first-order chi connectivity index (χ1) is 8.58. The van der Waals surface area contributed by atoms with Crippen LogP contribution in [0.3, 0.4) is 0 Å². The summed E-state index contributed by atoms with van der Waals surface area (Å²) in [6, 6.07) is 0.769. The van der Waals surface area contributed by atoms with Gasteiger partial charge in [0.2, 0.25) is 0 Å². The maximum absolute atomic E-state index is 13.5. The van der Waals surface area contributed by atoms with Crippen LogP contribution in [0.15, 0.2) is 6.07 Å². The molecule has 0 saturated carbocycles. The van der Waals surface area contributed by atoms with Crippen molar-refractivity contribution in [1.29, 1.82) is 0 Å². The third kappa shape index (κ3) is 4.10. The fourth-order valence-corrected chi connectivity index (χ4v) is 1.56. The average molecular weight is 259 g/mol. The molecule has 4 nitrogen and oxygen atoms in total. The first-order valence-electron chi connectivity index (χ1n) is 6.05. The number of aromatic nitrogens is 1. The number of nitrogens with one attached hydrogen (secondary N) is 2. The molecular formula is C12H19F2N3O. The first kappa shape index (κ1) is 14.6. The quantitative estimate of drug-likeness (QED) is 0.703. The number of nitrogens with zero attached hydrogens (tertiary/aromatic N) is 1. The number of pyridine rings is 1. The highest BCUT2D eigenvalue weighted by atomic mass is 19.1. The van der Waals surface area contributed by atoms with E-state index in [9.17, 15) is 8.78 Å². The molecule has 1 atom stereocenters. The zero-order chi connectivity index (χ0) is 13.5. The molecule has 1 aromatic rings. The molecule has 0 saturated heterocycles. The lowest BCUT2D eigenvalue weighted by molar-refractivity contribution is 0.282. The van der Waals surface area contributed by atoms with Crippen molar-refractivity contribution in [2.75, 3.05) is 23.8 Å². The monoisotopic (exact) mass is 259 g/mol. The lowest BCUT2D eigenvalue weighted by Crippen LogP contribution is -2.18. The van der Waals surface area contributed by atoms with Gasteiger partial charge in [-0.3, -0.25) is 0 Å². The Morgan fingerprint density at radius 1 is 1.33 bits per heavy atom. The maximum atomic E-state index is 13.5. The molecule has 0 spiro atoms. The van der Waals surface area contributed by atoms with Gasteiger partial charge in [-0.25, -0.2) is 13.8 Å². The predicted octanol–water partition coefficient (Wildman–Crippen LogP) is 2.36. The summed E-state index contributed by atoms with van der Waals surface area (Å²) in [6.07, 6.45) is 1.31. The van der Waals surface area contributed by atoms with Crippen molar-refractivity contribution in [2.24, 2.45) is 0 Å². The molecule has 0 aliphatic carbocycles. The molecular weight excluding hydrogens is 240 g/mol.